The molecule has 0 bridgehead atoms. The zero-order valence-electron chi connectivity index (χ0n) is 8.51. The van der Waals surface area contributed by atoms with Gasteiger partial charge < -0.3 is 5.48 Å². The van der Waals surface area contributed by atoms with Crippen LogP contribution in [0.2, 0.25) is 4.73 Å². The Morgan fingerprint density at radius 2 is 1.31 bits per heavy atom. The molecule has 0 spiro atoms. The van der Waals surface area contributed by atoms with E-state index in [-0.39, 0.29) is 16.4 Å². The van der Waals surface area contributed by atoms with Crippen LogP contribution in [-0.2, 0) is 27.7 Å². The molecule has 0 aliphatic rings. The normalized spacial score (nSPS) is 10.6. The van der Waals surface area contributed by atoms with Crippen LogP contribution < -0.4 is 0 Å². The van der Waals surface area contributed by atoms with Gasteiger partial charge in [-0.1, -0.05) is 0 Å². The van der Waals surface area contributed by atoms with Crippen LogP contribution >= 0.6 is 0 Å². The van der Waals surface area contributed by atoms with Crippen LogP contribution in [0, 0.1) is 5.92 Å². The molecule has 0 amide bonds. The van der Waals surface area contributed by atoms with Gasteiger partial charge in [-0.3, -0.25) is 0 Å². The van der Waals surface area contributed by atoms with Gasteiger partial charge >= 0.3 is 73.5 Å². The van der Waals surface area contributed by atoms with Gasteiger partial charge in [0.2, 0.25) is 0 Å². The van der Waals surface area contributed by atoms with Crippen molar-refractivity contribution in [2.45, 2.75) is 18.6 Å². The molecular weight excluding hydrogens is 224 g/mol. The first kappa shape index (κ1) is 19.4. The zero-order valence-corrected chi connectivity index (χ0v) is 10.1. The molecule has 0 atom stereocenters. The van der Waals surface area contributed by atoms with Crippen LogP contribution in [-0.4, -0.2) is 37.8 Å². The Bertz CT molecular complexity index is 100. The Kier molecular flexibility index (Phi) is 13.9. The second-order valence-electron chi connectivity index (χ2n) is 2.89. The molecule has 13 heavy (non-hydrogen) atoms. The van der Waals surface area contributed by atoms with Crippen molar-refractivity contribution in [2.24, 2.45) is 5.92 Å². The molecule has 6 heteroatoms. The quantitative estimate of drug-likeness (QED) is 0.623. The van der Waals surface area contributed by atoms with Crippen LogP contribution in [0.1, 0.15) is 13.8 Å². The fourth-order valence-electron chi connectivity index (χ4n) is 1.00. The van der Waals surface area contributed by atoms with Gasteiger partial charge in [-0.15, -0.1) is 0 Å². The van der Waals surface area contributed by atoms with Crippen molar-refractivity contribution in [3.8, 4) is 0 Å². The molecule has 0 radical (unpaired) electrons. The van der Waals surface area contributed by atoms with E-state index in [1.54, 1.807) is 21.3 Å². The summed E-state index contributed by atoms with van der Waals surface area (Å²) in [5.41, 5.74) is 0. The van der Waals surface area contributed by atoms with E-state index in [1.165, 1.54) is 0 Å². The summed E-state index contributed by atoms with van der Waals surface area (Å²) in [4.78, 5) is 0. The molecule has 84 valence electrons. The van der Waals surface area contributed by atoms with Gasteiger partial charge in [0, 0.05) is 0 Å². The SMILES string of the molecule is C[O][Ti]([CH2]C(C)C)([O]C)[O]C.O.[SiH4]. The third kappa shape index (κ3) is 6.79. The number of rotatable bonds is 5. The maximum atomic E-state index is 5.29. The average Bonchev–Trinajstić information content (AvgIpc) is 2.00. The summed E-state index contributed by atoms with van der Waals surface area (Å²) < 4.78 is 16.8. The van der Waals surface area contributed by atoms with E-state index in [0.717, 1.165) is 4.73 Å². The first-order chi connectivity index (χ1) is 5.10. The number of hydrogen-bond donors (Lipinski definition) is 0. The van der Waals surface area contributed by atoms with Gasteiger partial charge in [0.05, 0.1) is 0 Å². The van der Waals surface area contributed by atoms with Gasteiger partial charge in [0.1, 0.15) is 0 Å². The second-order valence-corrected chi connectivity index (χ2v) is 7.58. The van der Waals surface area contributed by atoms with Crippen molar-refractivity contribution in [3.63, 3.8) is 0 Å². The van der Waals surface area contributed by atoms with E-state index >= 15 is 0 Å². The fourth-order valence-corrected chi connectivity index (χ4v) is 4.12. The van der Waals surface area contributed by atoms with E-state index in [0.29, 0.717) is 5.92 Å². The summed E-state index contributed by atoms with van der Waals surface area (Å²) >= 11 is -2.78. The summed E-state index contributed by atoms with van der Waals surface area (Å²) in [5, 5.41) is 0. The summed E-state index contributed by atoms with van der Waals surface area (Å²) in [6.45, 7) is 4.27. The van der Waals surface area contributed by atoms with E-state index < -0.39 is 17.8 Å². The van der Waals surface area contributed by atoms with E-state index in [4.69, 9.17) is 9.96 Å². The van der Waals surface area contributed by atoms with Crippen LogP contribution in [0.5, 0.6) is 0 Å². The van der Waals surface area contributed by atoms with Crippen LogP contribution in [0.25, 0.3) is 0 Å². The third-order valence-electron chi connectivity index (χ3n) is 1.59. The van der Waals surface area contributed by atoms with Gasteiger partial charge in [0.25, 0.3) is 0 Å². The largest absolute Gasteiger partial charge is 0.412 e. The fraction of sp³-hybridized carbons (Fsp3) is 1.00. The Hall–Kier alpha value is 0.771. The van der Waals surface area contributed by atoms with E-state index in [9.17, 15) is 0 Å². The Balaban J connectivity index is -0.000000500. The van der Waals surface area contributed by atoms with Crippen LogP contribution in [0.4, 0.5) is 0 Å². The Morgan fingerprint density at radius 1 is 1.00 bits per heavy atom. The molecule has 0 rings (SSSR count). The van der Waals surface area contributed by atoms with Crippen molar-refractivity contribution in [2.75, 3.05) is 21.3 Å². The second kappa shape index (κ2) is 9.33. The first-order valence-electron chi connectivity index (χ1n) is 3.75. The third-order valence-corrected chi connectivity index (χ3v) is 6.56. The predicted molar refractivity (Wildman–Crippen MR) is 55.6 cm³/mol. The average molecular weight is 248 g/mol. The first-order valence-corrected chi connectivity index (χ1v) is 6.77. The smallest absolute Gasteiger partial charge is 0.0149 e. The van der Waals surface area contributed by atoms with Crippen molar-refractivity contribution < 1.29 is 33.2 Å². The minimum absolute atomic E-state index is 0. The molecule has 0 aromatic heterocycles. The molecule has 0 heterocycles. The van der Waals surface area contributed by atoms with Crippen LogP contribution in [0.3, 0.4) is 0 Å². The topological polar surface area (TPSA) is 59.2 Å². The predicted octanol–water partition coefficient (Wildman–Crippen LogP) is -0.378. The molecule has 2 N–H and O–H groups in total. The molecule has 0 fully saturated rings. The molecule has 0 aromatic carbocycles. The standard InChI is InChI=1S/C4H9.3CH3O.H2O.H4Si.Ti/c1-4(2)3;3*1-2;;;/h4H,1H2,2-3H3;3*1H3;1H2;1H4;/q;3*-1;;;+3. The minimum Gasteiger partial charge on any atom is -0.412 e. The maximum Gasteiger partial charge on any atom is -0.0149 e. The molecule has 4 nitrogen and oxygen atoms in total. The Morgan fingerprint density at radius 3 is 1.38 bits per heavy atom. The van der Waals surface area contributed by atoms with Gasteiger partial charge in [-0.25, -0.2) is 0 Å². The minimum atomic E-state index is -2.78. The summed E-state index contributed by atoms with van der Waals surface area (Å²) in [6.07, 6.45) is 0. The number of hydrogen-bond acceptors (Lipinski definition) is 3. The van der Waals surface area contributed by atoms with Gasteiger partial charge in [-0.2, -0.15) is 0 Å². The maximum absolute atomic E-state index is 5.29. The van der Waals surface area contributed by atoms with Gasteiger partial charge in [0.15, 0.2) is 0 Å². The summed E-state index contributed by atoms with van der Waals surface area (Å²) in [5.74, 6) is 0.565. The van der Waals surface area contributed by atoms with Crippen molar-refractivity contribution in [1.29, 1.82) is 0 Å². The Labute approximate surface area is 90.1 Å². The van der Waals surface area contributed by atoms with Crippen molar-refractivity contribution in [1.82, 2.24) is 0 Å². The summed E-state index contributed by atoms with van der Waals surface area (Å²) in [7, 11) is 4.99. The molecule has 0 saturated carbocycles. The molecular formula is C7H24O4SiTi. The van der Waals surface area contributed by atoms with Crippen molar-refractivity contribution >= 4 is 11.0 Å². The monoisotopic (exact) mass is 248 g/mol. The summed E-state index contributed by atoms with van der Waals surface area (Å²) in [6, 6.07) is 0. The van der Waals surface area contributed by atoms with E-state index in [2.05, 4.69) is 13.8 Å². The molecule has 0 aromatic rings. The molecule has 0 aliphatic carbocycles. The van der Waals surface area contributed by atoms with E-state index in [1.807, 2.05) is 0 Å². The van der Waals surface area contributed by atoms with Gasteiger partial charge in [-0.05, 0) is 11.0 Å². The molecule has 0 aliphatic heterocycles. The zero-order chi connectivity index (χ0) is 8.91. The van der Waals surface area contributed by atoms with Crippen LogP contribution in [0.15, 0.2) is 0 Å². The van der Waals surface area contributed by atoms with Crippen molar-refractivity contribution in [3.05, 3.63) is 0 Å². The molecule has 0 unspecified atom stereocenters. The molecule has 0 saturated heterocycles.